The third-order valence-corrected chi connectivity index (χ3v) is 3.90. The van der Waals surface area contributed by atoms with E-state index < -0.39 is 0 Å². The van der Waals surface area contributed by atoms with Crippen LogP contribution < -0.4 is 15.8 Å². The van der Waals surface area contributed by atoms with Crippen molar-refractivity contribution < 1.29 is 0 Å². The van der Waals surface area contributed by atoms with Crippen molar-refractivity contribution in [1.82, 2.24) is 15.1 Å². The maximum atomic E-state index is 12.6. The van der Waals surface area contributed by atoms with Crippen LogP contribution in [-0.4, -0.2) is 36.0 Å². The predicted molar refractivity (Wildman–Crippen MR) is 84.4 cm³/mol. The van der Waals surface area contributed by atoms with E-state index in [4.69, 9.17) is 0 Å². The molecule has 2 aromatic rings. The van der Waals surface area contributed by atoms with Crippen LogP contribution in [0.15, 0.2) is 35.3 Å². The molecule has 0 saturated carbocycles. The number of aryl methyl sites for hydroxylation is 1. The van der Waals surface area contributed by atoms with Gasteiger partial charge in [0.2, 0.25) is 0 Å². The maximum Gasteiger partial charge on any atom is 0.276 e. The van der Waals surface area contributed by atoms with E-state index in [0.717, 1.165) is 48.7 Å². The van der Waals surface area contributed by atoms with Crippen LogP contribution in [-0.2, 0) is 0 Å². The Balaban J connectivity index is 2.02. The van der Waals surface area contributed by atoms with Crippen LogP contribution in [0.5, 0.6) is 0 Å². The number of hydrogen-bond acceptors (Lipinski definition) is 4. The molecule has 0 amide bonds. The number of nitrogens with zero attached hydrogens (tertiary/aromatic N) is 3. The molecule has 21 heavy (non-hydrogen) atoms. The van der Waals surface area contributed by atoms with E-state index in [-0.39, 0.29) is 5.56 Å². The zero-order chi connectivity index (χ0) is 14.8. The summed E-state index contributed by atoms with van der Waals surface area (Å²) in [6, 6.07) is 7.83. The highest BCUT2D eigenvalue weighted by Gasteiger charge is 2.16. The fraction of sp³-hybridized carbons (Fsp3) is 0.375. The third-order valence-electron chi connectivity index (χ3n) is 3.90. The molecule has 110 valence electrons. The topological polar surface area (TPSA) is 50.2 Å². The first-order valence-electron chi connectivity index (χ1n) is 7.28. The van der Waals surface area contributed by atoms with Crippen LogP contribution in [0.3, 0.4) is 0 Å². The van der Waals surface area contributed by atoms with Crippen molar-refractivity contribution >= 4 is 5.69 Å². The third kappa shape index (κ3) is 2.69. The van der Waals surface area contributed by atoms with Crippen LogP contribution >= 0.6 is 0 Å². The minimum absolute atomic E-state index is 0.0448. The molecule has 0 atom stereocenters. The minimum atomic E-state index is -0.0448. The second kappa shape index (κ2) is 5.69. The summed E-state index contributed by atoms with van der Waals surface area (Å²) in [6.07, 6.45) is 1.81. The normalized spacial score (nSPS) is 15.2. The number of hydrogen-bond donors (Lipinski definition) is 1. The molecule has 1 N–H and O–H groups in total. The number of benzene rings is 1. The molecule has 0 unspecified atom stereocenters. The molecule has 1 aromatic heterocycles. The Morgan fingerprint density at radius 3 is 2.67 bits per heavy atom. The summed E-state index contributed by atoms with van der Waals surface area (Å²) in [4.78, 5) is 14.8. The standard InChI is InChI=1S/C16H20N4O/c1-12-4-3-5-14(10-12)20-16(21)13(2)15(11-18-20)19-8-6-17-7-9-19/h3-5,10-11,17H,6-9H2,1-2H3. The monoisotopic (exact) mass is 284 g/mol. The van der Waals surface area contributed by atoms with Gasteiger partial charge in [-0.15, -0.1) is 0 Å². The van der Waals surface area contributed by atoms with Gasteiger partial charge in [0.15, 0.2) is 0 Å². The number of anilines is 1. The number of rotatable bonds is 2. The molecule has 0 spiro atoms. The molecule has 0 radical (unpaired) electrons. The highest BCUT2D eigenvalue weighted by molar-refractivity contribution is 5.51. The molecule has 5 heteroatoms. The number of aromatic nitrogens is 2. The molecule has 0 bridgehead atoms. The molecule has 1 aliphatic rings. The molecular weight excluding hydrogens is 264 g/mol. The Bertz CT molecular complexity index is 702. The first-order chi connectivity index (χ1) is 10.2. The fourth-order valence-corrected chi connectivity index (χ4v) is 2.70. The van der Waals surface area contributed by atoms with Crippen molar-refractivity contribution in [3.8, 4) is 5.69 Å². The smallest absolute Gasteiger partial charge is 0.276 e. The van der Waals surface area contributed by atoms with Gasteiger partial charge in [-0.2, -0.15) is 9.78 Å². The van der Waals surface area contributed by atoms with Crippen LogP contribution in [0, 0.1) is 13.8 Å². The highest BCUT2D eigenvalue weighted by atomic mass is 16.1. The van der Waals surface area contributed by atoms with Gasteiger partial charge in [0.1, 0.15) is 0 Å². The lowest BCUT2D eigenvalue weighted by Crippen LogP contribution is -2.44. The average molecular weight is 284 g/mol. The molecular formula is C16H20N4O. The summed E-state index contributed by atoms with van der Waals surface area (Å²) < 4.78 is 1.48. The van der Waals surface area contributed by atoms with Crippen LogP contribution in [0.4, 0.5) is 5.69 Å². The predicted octanol–water partition coefficient (Wildman–Crippen LogP) is 1.26. The van der Waals surface area contributed by atoms with Crippen molar-refractivity contribution in [1.29, 1.82) is 0 Å². The van der Waals surface area contributed by atoms with E-state index in [9.17, 15) is 4.79 Å². The molecule has 2 heterocycles. The van der Waals surface area contributed by atoms with Gasteiger partial charge in [0.05, 0.1) is 17.6 Å². The molecule has 1 fully saturated rings. The Morgan fingerprint density at radius 2 is 1.95 bits per heavy atom. The summed E-state index contributed by atoms with van der Waals surface area (Å²) >= 11 is 0. The SMILES string of the molecule is Cc1cccc(-n2ncc(N3CCNCC3)c(C)c2=O)c1. The van der Waals surface area contributed by atoms with Gasteiger partial charge in [0.25, 0.3) is 5.56 Å². The van der Waals surface area contributed by atoms with E-state index >= 15 is 0 Å². The average Bonchev–Trinajstić information content (AvgIpc) is 2.51. The van der Waals surface area contributed by atoms with Crippen LogP contribution in [0.2, 0.25) is 0 Å². The van der Waals surface area contributed by atoms with E-state index in [0.29, 0.717) is 0 Å². The summed E-state index contributed by atoms with van der Waals surface area (Å²) in [6.45, 7) is 7.61. The second-order valence-electron chi connectivity index (χ2n) is 5.45. The zero-order valence-electron chi connectivity index (χ0n) is 12.5. The lowest BCUT2D eigenvalue weighted by molar-refractivity contribution is 0.585. The molecule has 1 aromatic carbocycles. The van der Waals surface area contributed by atoms with Crippen molar-refractivity contribution in [3.05, 3.63) is 51.9 Å². The Morgan fingerprint density at radius 1 is 1.19 bits per heavy atom. The maximum absolute atomic E-state index is 12.6. The largest absolute Gasteiger partial charge is 0.367 e. The summed E-state index contributed by atoms with van der Waals surface area (Å²) in [7, 11) is 0. The van der Waals surface area contributed by atoms with Gasteiger partial charge in [-0.1, -0.05) is 12.1 Å². The Labute approximate surface area is 124 Å². The van der Waals surface area contributed by atoms with Gasteiger partial charge in [-0.25, -0.2) is 0 Å². The fourth-order valence-electron chi connectivity index (χ4n) is 2.70. The van der Waals surface area contributed by atoms with Crippen molar-refractivity contribution in [2.24, 2.45) is 0 Å². The quantitative estimate of drug-likeness (QED) is 0.902. The van der Waals surface area contributed by atoms with Gasteiger partial charge in [-0.05, 0) is 31.5 Å². The Kier molecular flexibility index (Phi) is 3.75. The van der Waals surface area contributed by atoms with Gasteiger partial charge < -0.3 is 10.2 Å². The van der Waals surface area contributed by atoms with Gasteiger partial charge in [-0.3, -0.25) is 4.79 Å². The van der Waals surface area contributed by atoms with E-state index in [1.165, 1.54) is 4.68 Å². The summed E-state index contributed by atoms with van der Waals surface area (Å²) in [5.74, 6) is 0. The molecule has 0 aliphatic carbocycles. The van der Waals surface area contributed by atoms with Crippen LogP contribution in [0.25, 0.3) is 5.69 Å². The summed E-state index contributed by atoms with van der Waals surface area (Å²) in [5, 5.41) is 7.68. The van der Waals surface area contributed by atoms with Crippen molar-refractivity contribution in [3.63, 3.8) is 0 Å². The Hall–Kier alpha value is -2.14. The highest BCUT2D eigenvalue weighted by Crippen LogP contribution is 2.17. The molecule has 1 saturated heterocycles. The van der Waals surface area contributed by atoms with E-state index in [1.807, 2.05) is 44.3 Å². The molecule has 3 rings (SSSR count). The van der Waals surface area contributed by atoms with E-state index in [2.05, 4.69) is 15.3 Å². The number of piperazine rings is 1. The van der Waals surface area contributed by atoms with Gasteiger partial charge in [0, 0.05) is 31.7 Å². The summed E-state index contributed by atoms with van der Waals surface area (Å²) in [5.41, 5.74) is 3.59. The minimum Gasteiger partial charge on any atom is -0.367 e. The van der Waals surface area contributed by atoms with Crippen molar-refractivity contribution in [2.75, 3.05) is 31.1 Å². The lowest BCUT2D eigenvalue weighted by atomic mass is 10.2. The number of nitrogens with one attached hydrogen (secondary N) is 1. The van der Waals surface area contributed by atoms with Gasteiger partial charge >= 0.3 is 0 Å². The first kappa shape index (κ1) is 13.8. The first-order valence-corrected chi connectivity index (χ1v) is 7.28. The second-order valence-corrected chi connectivity index (χ2v) is 5.45. The molecule has 1 aliphatic heterocycles. The molecule has 5 nitrogen and oxygen atoms in total. The zero-order valence-corrected chi connectivity index (χ0v) is 12.5. The van der Waals surface area contributed by atoms with Crippen molar-refractivity contribution in [2.45, 2.75) is 13.8 Å². The van der Waals surface area contributed by atoms with E-state index in [1.54, 1.807) is 0 Å². The lowest BCUT2D eigenvalue weighted by Gasteiger charge is -2.30. The van der Waals surface area contributed by atoms with Crippen LogP contribution in [0.1, 0.15) is 11.1 Å².